The van der Waals surface area contributed by atoms with Crippen molar-refractivity contribution >= 4 is 16.9 Å². The normalized spacial score (nSPS) is 17.1. The van der Waals surface area contributed by atoms with Crippen LogP contribution in [0.4, 0.5) is 19.1 Å². The van der Waals surface area contributed by atoms with Crippen LogP contribution < -0.4 is 4.90 Å². The first-order valence-corrected chi connectivity index (χ1v) is 9.01. The van der Waals surface area contributed by atoms with E-state index in [2.05, 4.69) is 44.1 Å². The molecule has 0 bridgehead atoms. The van der Waals surface area contributed by atoms with E-state index < -0.39 is 11.7 Å². The van der Waals surface area contributed by atoms with E-state index in [0.29, 0.717) is 19.0 Å². The lowest BCUT2D eigenvalue weighted by Gasteiger charge is -2.38. The molecule has 0 amide bonds. The quantitative estimate of drug-likeness (QED) is 0.686. The van der Waals surface area contributed by atoms with Crippen molar-refractivity contribution < 1.29 is 13.2 Å². The van der Waals surface area contributed by atoms with Crippen LogP contribution in [0.1, 0.15) is 24.1 Å². The van der Waals surface area contributed by atoms with E-state index in [1.165, 1.54) is 0 Å². The molecule has 6 nitrogen and oxygen atoms in total. The molecule has 3 aromatic rings. The lowest BCUT2D eigenvalue weighted by molar-refractivity contribution is -0.138. The van der Waals surface area contributed by atoms with Crippen molar-refractivity contribution in [2.24, 2.45) is 0 Å². The van der Waals surface area contributed by atoms with Crippen LogP contribution in [0.3, 0.4) is 0 Å². The Morgan fingerprint density at radius 3 is 2.39 bits per heavy atom. The van der Waals surface area contributed by atoms with E-state index >= 15 is 0 Å². The van der Waals surface area contributed by atoms with E-state index in [1.54, 1.807) is 6.20 Å². The second-order valence-corrected chi connectivity index (χ2v) is 6.82. The summed E-state index contributed by atoms with van der Waals surface area (Å²) >= 11 is 0. The molecule has 28 heavy (non-hydrogen) atoms. The highest BCUT2D eigenvalue weighted by Crippen LogP contribution is 2.29. The highest BCUT2D eigenvalue weighted by atomic mass is 19.4. The van der Waals surface area contributed by atoms with Gasteiger partial charge in [-0.3, -0.25) is 4.90 Å². The van der Waals surface area contributed by atoms with Gasteiger partial charge in [0.1, 0.15) is 0 Å². The molecule has 0 aliphatic carbocycles. The summed E-state index contributed by atoms with van der Waals surface area (Å²) in [6.07, 6.45) is -1.06. The number of alkyl halides is 3. The smallest absolute Gasteiger partial charge is 0.338 e. The van der Waals surface area contributed by atoms with Gasteiger partial charge in [0, 0.05) is 50.0 Å². The van der Waals surface area contributed by atoms with E-state index in [4.69, 9.17) is 0 Å². The first-order valence-electron chi connectivity index (χ1n) is 9.01. The number of piperazine rings is 1. The first kappa shape index (κ1) is 18.5. The molecule has 3 heterocycles. The third-order valence-electron chi connectivity index (χ3n) is 5.13. The zero-order valence-corrected chi connectivity index (χ0v) is 15.3. The van der Waals surface area contributed by atoms with Crippen LogP contribution in [0.5, 0.6) is 0 Å². The SMILES string of the molecule is CC(c1ccc2ccnnc2c1)N1CCN(c2ncc(C(F)(F)F)cn2)CC1. The fourth-order valence-corrected chi connectivity index (χ4v) is 3.41. The molecule has 146 valence electrons. The zero-order valence-electron chi connectivity index (χ0n) is 15.3. The van der Waals surface area contributed by atoms with Crippen molar-refractivity contribution in [1.82, 2.24) is 25.1 Å². The summed E-state index contributed by atoms with van der Waals surface area (Å²) in [7, 11) is 0. The van der Waals surface area contributed by atoms with Crippen LogP contribution in [0.15, 0.2) is 42.9 Å². The van der Waals surface area contributed by atoms with Crippen molar-refractivity contribution in [2.45, 2.75) is 19.1 Å². The summed E-state index contributed by atoms with van der Waals surface area (Å²) in [6.45, 7) is 4.99. The zero-order chi connectivity index (χ0) is 19.7. The van der Waals surface area contributed by atoms with Crippen LogP contribution in [0, 0.1) is 0 Å². The molecule has 4 rings (SSSR count). The molecule has 2 aromatic heterocycles. The molecule has 0 radical (unpaired) electrons. The van der Waals surface area contributed by atoms with Gasteiger partial charge in [-0.2, -0.15) is 23.4 Å². The Kier molecular flexibility index (Phi) is 4.84. The lowest BCUT2D eigenvalue weighted by atomic mass is 10.0. The lowest BCUT2D eigenvalue weighted by Crippen LogP contribution is -2.47. The van der Waals surface area contributed by atoms with E-state index in [-0.39, 0.29) is 6.04 Å². The molecule has 1 atom stereocenters. The second-order valence-electron chi connectivity index (χ2n) is 6.82. The largest absolute Gasteiger partial charge is 0.419 e. The van der Waals surface area contributed by atoms with Crippen molar-refractivity contribution in [3.8, 4) is 0 Å². The predicted octanol–water partition coefficient (Wildman–Crippen LogP) is 3.32. The highest BCUT2D eigenvalue weighted by Gasteiger charge is 2.32. The molecule has 0 saturated carbocycles. The number of hydrogen-bond donors (Lipinski definition) is 0. The van der Waals surface area contributed by atoms with Crippen LogP contribution in [0.2, 0.25) is 0 Å². The van der Waals surface area contributed by atoms with Gasteiger partial charge in [0.25, 0.3) is 0 Å². The Hall–Kier alpha value is -2.81. The van der Waals surface area contributed by atoms with Crippen LogP contribution in [-0.2, 0) is 6.18 Å². The molecule has 1 unspecified atom stereocenters. The summed E-state index contributed by atoms with van der Waals surface area (Å²) in [5, 5.41) is 9.16. The number of halogens is 3. The number of nitrogens with zero attached hydrogens (tertiary/aromatic N) is 6. The molecule has 9 heteroatoms. The Morgan fingerprint density at radius 2 is 1.71 bits per heavy atom. The summed E-state index contributed by atoms with van der Waals surface area (Å²) in [4.78, 5) is 12.0. The molecule has 1 saturated heterocycles. The monoisotopic (exact) mass is 388 g/mol. The average Bonchev–Trinajstić information content (AvgIpc) is 2.72. The van der Waals surface area contributed by atoms with Gasteiger partial charge in [-0.25, -0.2) is 9.97 Å². The third-order valence-corrected chi connectivity index (χ3v) is 5.13. The molecule has 0 spiro atoms. The van der Waals surface area contributed by atoms with Gasteiger partial charge in [0.15, 0.2) is 0 Å². The summed E-state index contributed by atoms with van der Waals surface area (Å²) < 4.78 is 38.0. The van der Waals surface area contributed by atoms with Crippen LogP contribution in [-0.4, -0.2) is 51.2 Å². The van der Waals surface area contributed by atoms with Crippen LogP contribution >= 0.6 is 0 Å². The van der Waals surface area contributed by atoms with Crippen molar-refractivity contribution in [3.63, 3.8) is 0 Å². The average molecular weight is 388 g/mol. The maximum Gasteiger partial charge on any atom is 0.419 e. The van der Waals surface area contributed by atoms with Crippen molar-refractivity contribution in [1.29, 1.82) is 0 Å². The molecule has 1 aromatic carbocycles. The highest BCUT2D eigenvalue weighted by molar-refractivity contribution is 5.78. The van der Waals surface area contributed by atoms with Gasteiger partial charge < -0.3 is 4.90 Å². The fraction of sp³-hybridized carbons (Fsp3) is 0.368. The molecule has 1 fully saturated rings. The summed E-state index contributed by atoms with van der Waals surface area (Å²) in [6, 6.07) is 8.32. The number of anilines is 1. The Labute approximate surface area is 160 Å². The Morgan fingerprint density at radius 1 is 1.00 bits per heavy atom. The van der Waals surface area contributed by atoms with Crippen molar-refractivity contribution in [2.75, 3.05) is 31.1 Å². The van der Waals surface area contributed by atoms with Gasteiger partial charge in [-0.05, 0) is 24.6 Å². The maximum absolute atomic E-state index is 12.7. The molecular formula is C19H19F3N6. The topological polar surface area (TPSA) is 58.0 Å². The number of hydrogen-bond acceptors (Lipinski definition) is 6. The minimum Gasteiger partial charge on any atom is -0.338 e. The number of aromatic nitrogens is 4. The Bertz CT molecular complexity index is 952. The van der Waals surface area contributed by atoms with Gasteiger partial charge >= 0.3 is 6.18 Å². The maximum atomic E-state index is 12.7. The van der Waals surface area contributed by atoms with Crippen molar-refractivity contribution in [3.05, 3.63) is 54.0 Å². The van der Waals surface area contributed by atoms with E-state index in [9.17, 15) is 13.2 Å². The van der Waals surface area contributed by atoms with Crippen LogP contribution in [0.25, 0.3) is 10.9 Å². The standard InChI is InChI=1S/C19H19F3N6/c1-13(15-3-2-14-4-5-25-26-17(14)10-15)27-6-8-28(9-7-27)18-23-11-16(12-24-18)19(20,21)22/h2-5,10-13H,6-9H2,1H3. The minimum absolute atomic E-state index is 0.196. The summed E-state index contributed by atoms with van der Waals surface area (Å²) in [5.41, 5.74) is 1.19. The second kappa shape index (κ2) is 7.31. The van der Waals surface area contributed by atoms with E-state index in [0.717, 1.165) is 41.9 Å². The molecule has 1 aliphatic rings. The molecule has 1 aliphatic heterocycles. The van der Waals surface area contributed by atoms with Gasteiger partial charge in [0.05, 0.1) is 17.3 Å². The number of fused-ring (bicyclic) bond motifs is 1. The number of rotatable bonds is 3. The number of benzene rings is 1. The predicted molar refractivity (Wildman–Crippen MR) is 98.8 cm³/mol. The fourth-order valence-electron chi connectivity index (χ4n) is 3.41. The van der Waals surface area contributed by atoms with Gasteiger partial charge in [-0.1, -0.05) is 12.1 Å². The summed E-state index contributed by atoms with van der Waals surface area (Å²) in [5.74, 6) is 0.335. The molecular weight excluding hydrogens is 369 g/mol. The van der Waals surface area contributed by atoms with Gasteiger partial charge in [-0.15, -0.1) is 0 Å². The first-order chi connectivity index (χ1) is 13.4. The molecule has 0 N–H and O–H groups in total. The van der Waals surface area contributed by atoms with E-state index in [1.807, 2.05) is 17.0 Å². The Balaban J connectivity index is 1.41. The van der Waals surface area contributed by atoms with Gasteiger partial charge in [0.2, 0.25) is 5.95 Å². The third kappa shape index (κ3) is 3.75. The minimum atomic E-state index is -4.42.